The van der Waals surface area contributed by atoms with E-state index in [4.69, 9.17) is 19.8 Å². The predicted molar refractivity (Wildman–Crippen MR) is 141 cm³/mol. The number of fused-ring (bicyclic) bond motifs is 3. The average Bonchev–Trinajstić information content (AvgIpc) is 3.52. The lowest BCUT2D eigenvalue weighted by Gasteiger charge is -2.15. The van der Waals surface area contributed by atoms with E-state index in [1.165, 1.54) is 11.8 Å². The van der Waals surface area contributed by atoms with Gasteiger partial charge in [-0.2, -0.15) is 4.52 Å². The van der Waals surface area contributed by atoms with E-state index in [9.17, 15) is 4.79 Å². The molecule has 0 aliphatic carbocycles. The molecule has 2 aromatic carbocycles. The Morgan fingerprint density at radius 1 is 1.17 bits per heavy atom. The highest BCUT2D eigenvalue weighted by molar-refractivity contribution is 8.00. The molecule has 0 unspecified atom stereocenters. The maximum Gasteiger partial charge on any atom is 0.237 e. The summed E-state index contributed by atoms with van der Waals surface area (Å²) < 4.78 is 9.12. The van der Waals surface area contributed by atoms with Gasteiger partial charge in [0.05, 0.1) is 24.2 Å². The van der Waals surface area contributed by atoms with Crippen LogP contribution >= 0.6 is 11.8 Å². The molecule has 5 aromatic rings. The molecule has 0 spiro atoms. The number of aromatic nitrogens is 6. The zero-order chi connectivity index (χ0) is 25.1. The van der Waals surface area contributed by atoms with E-state index in [1.807, 2.05) is 68.8 Å². The zero-order valence-electron chi connectivity index (χ0n) is 20.4. The fraction of sp³-hybridized carbons (Fsp3) is 0.269. The number of thioether (sulfide) groups is 1. The van der Waals surface area contributed by atoms with Gasteiger partial charge in [-0.25, -0.2) is 15.0 Å². The van der Waals surface area contributed by atoms with Crippen molar-refractivity contribution in [3.8, 4) is 5.75 Å². The topological polar surface area (TPSA) is 99.2 Å². The summed E-state index contributed by atoms with van der Waals surface area (Å²) in [5.41, 5.74) is 3.34. The zero-order valence-corrected chi connectivity index (χ0v) is 21.2. The highest BCUT2D eigenvalue weighted by Gasteiger charge is 2.23. The first-order valence-corrected chi connectivity index (χ1v) is 12.7. The van der Waals surface area contributed by atoms with Crippen molar-refractivity contribution in [1.29, 1.82) is 0 Å². The fourth-order valence-electron chi connectivity index (χ4n) is 3.97. The van der Waals surface area contributed by atoms with Crippen LogP contribution in [0.2, 0.25) is 0 Å². The number of benzene rings is 2. The quantitative estimate of drug-likeness (QED) is 0.234. The van der Waals surface area contributed by atoms with Crippen LogP contribution in [0.25, 0.3) is 16.6 Å². The number of carbonyl (C=O) groups is 1. The number of methoxy groups -OCH3 is 1. The first-order chi connectivity index (χ1) is 17.6. The summed E-state index contributed by atoms with van der Waals surface area (Å²) in [7, 11) is 1.60. The molecule has 3 aromatic heterocycles. The number of carbonyl (C=O) groups excluding carboxylic acids is 1. The van der Waals surface area contributed by atoms with Gasteiger partial charge in [0, 0.05) is 42.0 Å². The van der Waals surface area contributed by atoms with Crippen LogP contribution < -0.4 is 10.1 Å². The molecule has 36 heavy (non-hydrogen) atoms. The van der Waals surface area contributed by atoms with Gasteiger partial charge in [-0.05, 0) is 37.6 Å². The van der Waals surface area contributed by atoms with Crippen molar-refractivity contribution in [2.24, 2.45) is 0 Å². The van der Waals surface area contributed by atoms with Crippen LogP contribution in [0.1, 0.15) is 24.9 Å². The van der Waals surface area contributed by atoms with Crippen molar-refractivity contribution in [2.45, 2.75) is 43.6 Å². The van der Waals surface area contributed by atoms with Gasteiger partial charge in [0.25, 0.3) is 0 Å². The summed E-state index contributed by atoms with van der Waals surface area (Å²) in [6.45, 7) is 4.75. The van der Waals surface area contributed by atoms with Gasteiger partial charge in [0.15, 0.2) is 16.6 Å². The smallest absolute Gasteiger partial charge is 0.237 e. The molecular formula is C26H27N7O2S. The lowest BCUT2D eigenvalue weighted by molar-refractivity contribution is -0.115. The summed E-state index contributed by atoms with van der Waals surface area (Å²) >= 11 is 1.39. The molecule has 184 valence electrons. The number of nitrogens with one attached hydrogen (secondary N) is 1. The first kappa shape index (κ1) is 23.8. The molecule has 0 saturated carbocycles. The summed E-state index contributed by atoms with van der Waals surface area (Å²) in [6, 6.07) is 15.2. The Labute approximate surface area is 212 Å². The summed E-state index contributed by atoms with van der Waals surface area (Å²) in [5, 5.41) is 8.97. The van der Waals surface area contributed by atoms with Gasteiger partial charge in [-0.15, -0.1) is 5.10 Å². The minimum absolute atomic E-state index is 0.102. The summed E-state index contributed by atoms with van der Waals surface area (Å²) in [6.07, 6.45) is 4.93. The average molecular weight is 502 g/mol. The van der Waals surface area contributed by atoms with Crippen molar-refractivity contribution >= 4 is 39.9 Å². The maximum atomic E-state index is 13.2. The number of amides is 1. The van der Waals surface area contributed by atoms with Crippen LogP contribution in [-0.2, 0) is 17.8 Å². The minimum Gasteiger partial charge on any atom is -0.497 e. The second-order valence-corrected chi connectivity index (χ2v) is 9.56. The highest BCUT2D eigenvalue weighted by Crippen LogP contribution is 2.29. The second-order valence-electron chi connectivity index (χ2n) is 8.39. The Hall–Kier alpha value is -3.92. The van der Waals surface area contributed by atoms with Gasteiger partial charge in [0.1, 0.15) is 5.75 Å². The monoisotopic (exact) mass is 501 g/mol. The number of ether oxygens (including phenoxy) is 1. The molecule has 0 saturated heterocycles. The molecule has 0 bridgehead atoms. The number of nitrogens with zero attached hydrogens (tertiary/aromatic N) is 6. The third kappa shape index (κ3) is 4.90. The number of rotatable bonds is 9. The minimum atomic E-state index is -0.366. The SMILES string of the molecule is CC[C@H](Sc1nc2ccccc2c2nc(CCn3cncc3C)nn12)C(=O)Nc1cccc(OC)c1. The van der Waals surface area contributed by atoms with Crippen LogP contribution in [0, 0.1) is 6.92 Å². The molecule has 0 aliphatic rings. The standard InChI is InChI=1S/C26H27N7O2S/c1-4-22(25(34)28-18-8-7-9-19(14-18)35-3)36-26-29-21-11-6-5-10-20(21)24-30-23(31-33(24)26)12-13-32-16-27-15-17(32)2/h5-11,14-16,22H,4,12-13H2,1-3H3,(H,28,34)/t22-/m0/s1. The Morgan fingerprint density at radius 3 is 2.81 bits per heavy atom. The third-order valence-electron chi connectivity index (χ3n) is 5.94. The van der Waals surface area contributed by atoms with Crippen molar-refractivity contribution < 1.29 is 9.53 Å². The van der Waals surface area contributed by atoms with Gasteiger partial charge < -0.3 is 14.6 Å². The van der Waals surface area contributed by atoms with E-state index in [0.29, 0.717) is 29.4 Å². The fourth-order valence-corrected chi connectivity index (χ4v) is 4.94. The molecule has 0 fully saturated rings. The largest absolute Gasteiger partial charge is 0.497 e. The number of hydrogen-bond acceptors (Lipinski definition) is 7. The third-order valence-corrected chi connectivity index (χ3v) is 7.25. The number of para-hydroxylation sites is 1. The van der Waals surface area contributed by atoms with Crippen LogP contribution in [0.4, 0.5) is 5.69 Å². The van der Waals surface area contributed by atoms with Crippen molar-refractivity contribution in [3.05, 3.63) is 72.6 Å². The van der Waals surface area contributed by atoms with E-state index in [2.05, 4.69) is 14.9 Å². The van der Waals surface area contributed by atoms with Crippen molar-refractivity contribution in [2.75, 3.05) is 12.4 Å². The molecule has 10 heteroatoms. The Balaban J connectivity index is 1.44. The lowest BCUT2D eigenvalue weighted by Crippen LogP contribution is -2.25. The summed E-state index contributed by atoms with van der Waals surface area (Å²) in [5.74, 6) is 1.30. The lowest BCUT2D eigenvalue weighted by atomic mass is 10.2. The van der Waals surface area contributed by atoms with Gasteiger partial charge in [-0.3, -0.25) is 4.79 Å². The number of anilines is 1. The predicted octanol–water partition coefficient (Wildman–Crippen LogP) is 4.54. The van der Waals surface area contributed by atoms with Gasteiger partial charge >= 0.3 is 0 Å². The van der Waals surface area contributed by atoms with E-state index in [0.717, 1.165) is 34.6 Å². The normalized spacial score (nSPS) is 12.2. The van der Waals surface area contributed by atoms with Gasteiger partial charge in [0.2, 0.25) is 5.91 Å². The summed E-state index contributed by atoms with van der Waals surface area (Å²) in [4.78, 5) is 27.1. The van der Waals surface area contributed by atoms with E-state index >= 15 is 0 Å². The molecule has 5 rings (SSSR count). The van der Waals surface area contributed by atoms with Crippen LogP contribution in [0.3, 0.4) is 0 Å². The molecule has 1 atom stereocenters. The molecule has 3 heterocycles. The van der Waals surface area contributed by atoms with E-state index in [1.54, 1.807) is 17.7 Å². The number of aryl methyl sites for hydroxylation is 3. The maximum absolute atomic E-state index is 13.2. The second kappa shape index (κ2) is 10.4. The van der Waals surface area contributed by atoms with Crippen molar-refractivity contribution in [3.63, 3.8) is 0 Å². The Morgan fingerprint density at radius 2 is 2.03 bits per heavy atom. The van der Waals surface area contributed by atoms with Gasteiger partial charge in [-0.1, -0.05) is 36.9 Å². The van der Waals surface area contributed by atoms with E-state index < -0.39 is 0 Å². The number of hydrogen-bond donors (Lipinski definition) is 1. The molecule has 0 aliphatic heterocycles. The molecule has 1 N–H and O–H groups in total. The van der Waals surface area contributed by atoms with Crippen molar-refractivity contribution in [1.82, 2.24) is 29.1 Å². The molecule has 1 amide bonds. The van der Waals surface area contributed by atoms with Crippen LogP contribution in [-0.4, -0.2) is 47.4 Å². The highest BCUT2D eigenvalue weighted by atomic mass is 32.2. The molecule has 9 nitrogen and oxygen atoms in total. The Kier molecular flexibility index (Phi) is 6.86. The number of imidazole rings is 1. The van der Waals surface area contributed by atoms with Crippen LogP contribution in [0.15, 0.2) is 66.2 Å². The van der Waals surface area contributed by atoms with Crippen LogP contribution in [0.5, 0.6) is 5.75 Å². The van der Waals surface area contributed by atoms with E-state index in [-0.39, 0.29) is 11.2 Å². The molecular weight excluding hydrogens is 474 g/mol. The molecule has 0 radical (unpaired) electrons. The Bertz CT molecular complexity index is 1530. The first-order valence-electron chi connectivity index (χ1n) is 11.8.